The molecule has 0 spiro atoms. The molecule has 13 heteroatoms. The van der Waals surface area contributed by atoms with Crippen LogP contribution in [0.1, 0.15) is 66.5 Å². The number of hydrogen-bond donors (Lipinski definition) is 3. The van der Waals surface area contributed by atoms with Gasteiger partial charge in [0.05, 0.1) is 53.2 Å². The van der Waals surface area contributed by atoms with Crippen LogP contribution in [0.5, 0.6) is 0 Å². The van der Waals surface area contributed by atoms with Gasteiger partial charge in [-0.2, -0.15) is 0 Å². The average molecular weight is 625 g/mol. The highest BCUT2D eigenvalue weighted by molar-refractivity contribution is 6.32. The van der Waals surface area contributed by atoms with E-state index in [1.165, 1.54) is 15.5 Å². The number of cyclic esters (lactones) is 1. The maximum Gasteiger partial charge on any atom is 0.343 e. The molecular formula is C31H30ClFN4O7. The second kappa shape index (κ2) is 10.4. The molecule has 3 aromatic rings. The first-order chi connectivity index (χ1) is 21.1. The molecule has 230 valence electrons. The van der Waals surface area contributed by atoms with Crippen LogP contribution in [0.4, 0.5) is 4.39 Å². The Hall–Kier alpha value is -3.87. The number of esters is 1. The van der Waals surface area contributed by atoms with Crippen molar-refractivity contribution in [2.45, 2.75) is 63.8 Å². The molecule has 4 aliphatic rings. The van der Waals surface area contributed by atoms with Crippen molar-refractivity contribution in [1.29, 1.82) is 0 Å². The zero-order valence-electron chi connectivity index (χ0n) is 23.9. The SMILES string of the molecule is CC[C@@]1(O)C(=O)OCc2c1cc1n(c2=O)Cc2c-1nc1cc(F)c(Cl)c3c1c2C(NC(=O)CN(CCO)C(=O)C1CC1)CC3. The molecule has 3 N–H and O–H groups in total. The summed E-state index contributed by atoms with van der Waals surface area (Å²) in [5, 5.41) is 24.3. The third-order valence-corrected chi connectivity index (χ3v) is 9.73. The van der Waals surface area contributed by atoms with Gasteiger partial charge in [-0.3, -0.25) is 14.4 Å². The standard InChI is InChI=1S/C31H30ClFN4O7/c1-2-31(43)18-9-22-27-16(11-37(22)29(41)17(18)13-44-30(31)42)25-20(6-5-15-24(25)21(35-27)10-19(33)26(15)32)34-23(39)12-36(7-8-38)28(40)14-3-4-14/h9-10,14,20,38,43H,2-8,11-13H2,1H3,(H,34,39)/t20?,31-/m0/s1. The van der Waals surface area contributed by atoms with Gasteiger partial charge in [-0.05, 0) is 49.3 Å². The van der Waals surface area contributed by atoms with Crippen molar-refractivity contribution in [2.75, 3.05) is 19.7 Å². The average Bonchev–Trinajstić information content (AvgIpc) is 3.79. The number of hydrogen-bond acceptors (Lipinski definition) is 8. The summed E-state index contributed by atoms with van der Waals surface area (Å²) < 4.78 is 21.7. The number of carbonyl (C=O) groups is 3. The van der Waals surface area contributed by atoms with Gasteiger partial charge in [0, 0.05) is 35.0 Å². The summed E-state index contributed by atoms with van der Waals surface area (Å²) in [6, 6.07) is 2.24. The Bertz CT molecular complexity index is 1860. The second-order valence-corrected chi connectivity index (χ2v) is 12.3. The Morgan fingerprint density at radius 1 is 1.23 bits per heavy atom. The van der Waals surface area contributed by atoms with E-state index in [9.17, 15) is 29.4 Å². The van der Waals surface area contributed by atoms with Crippen LogP contribution in [0.2, 0.25) is 5.02 Å². The van der Waals surface area contributed by atoms with Crippen LogP contribution in [-0.4, -0.2) is 62.1 Å². The van der Waals surface area contributed by atoms with E-state index in [0.29, 0.717) is 51.8 Å². The number of fused-ring (bicyclic) bond motifs is 5. The smallest absolute Gasteiger partial charge is 0.343 e. The fraction of sp³-hybridized carbons (Fsp3) is 0.452. The molecule has 44 heavy (non-hydrogen) atoms. The largest absolute Gasteiger partial charge is 0.458 e. The van der Waals surface area contributed by atoms with Crippen molar-refractivity contribution in [3.05, 3.63) is 61.1 Å². The molecule has 0 radical (unpaired) electrons. The maximum atomic E-state index is 15.0. The van der Waals surface area contributed by atoms with E-state index >= 15 is 4.39 Å². The van der Waals surface area contributed by atoms with Crippen LogP contribution in [-0.2, 0) is 44.3 Å². The molecule has 2 aromatic heterocycles. The van der Waals surface area contributed by atoms with Crippen LogP contribution in [0, 0.1) is 11.7 Å². The summed E-state index contributed by atoms with van der Waals surface area (Å²) in [6.07, 6.45) is 2.25. The third-order valence-electron chi connectivity index (χ3n) is 9.32. The second-order valence-electron chi connectivity index (χ2n) is 11.9. The molecule has 1 saturated carbocycles. The molecule has 0 bridgehead atoms. The Morgan fingerprint density at radius 2 is 2.00 bits per heavy atom. The van der Waals surface area contributed by atoms with Crippen LogP contribution in [0.3, 0.4) is 0 Å². The van der Waals surface area contributed by atoms with Gasteiger partial charge in [0.1, 0.15) is 12.4 Å². The number of aliphatic hydroxyl groups excluding tert-OH is 1. The van der Waals surface area contributed by atoms with E-state index in [1.807, 2.05) is 0 Å². The molecule has 2 amide bonds. The van der Waals surface area contributed by atoms with E-state index in [0.717, 1.165) is 12.8 Å². The Labute approximate surface area is 255 Å². The Balaban J connectivity index is 1.35. The number of amides is 2. The van der Waals surface area contributed by atoms with Gasteiger partial charge in [0.15, 0.2) is 5.60 Å². The lowest BCUT2D eigenvalue weighted by molar-refractivity contribution is -0.172. The van der Waals surface area contributed by atoms with Crippen molar-refractivity contribution in [1.82, 2.24) is 19.8 Å². The molecule has 2 atom stereocenters. The quantitative estimate of drug-likeness (QED) is 0.265. The molecule has 7 rings (SSSR count). The summed E-state index contributed by atoms with van der Waals surface area (Å²) in [6.45, 7) is 0.972. The van der Waals surface area contributed by atoms with Crippen LogP contribution in [0.25, 0.3) is 22.3 Å². The minimum Gasteiger partial charge on any atom is -0.458 e. The van der Waals surface area contributed by atoms with Gasteiger partial charge in [-0.15, -0.1) is 0 Å². The highest BCUT2D eigenvalue weighted by Gasteiger charge is 2.46. The zero-order chi connectivity index (χ0) is 31.1. The first-order valence-corrected chi connectivity index (χ1v) is 15.1. The molecule has 0 saturated heterocycles. The van der Waals surface area contributed by atoms with Crippen molar-refractivity contribution >= 4 is 40.3 Å². The van der Waals surface area contributed by atoms with E-state index in [2.05, 4.69) is 5.32 Å². The monoisotopic (exact) mass is 624 g/mol. The van der Waals surface area contributed by atoms with Crippen LogP contribution < -0.4 is 10.9 Å². The van der Waals surface area contributed by atoms with Gasteiger partial charge in [0.25, 0.3) is 5.56 Å². The summed E-state index contributed by atoms with van der Waals surface area (Å²) in [4.78, 5) is 58.5. The summed E-state index contributed by atoms with van der Waals surface area (Å²) in [5.41, 5.74) is 0.782. The molecule has 1 fully saturated rings. The predicted molar refractivity (Wildman–Crippen MR) is 155 cm³/mol. The normalized spacial score (nSPS) is 21.4. The fourth-order valence-corrected chi connectivity index (χ4v) is 7.13. The first-order valence-electron chi connectivity index (χ1n) is 14.8. The number of rotatable bonds is 7. The van der Waals surface area contributed by atoms with E-state index in [4.69, 9.17) is 21.3 Å². The molecular weight excluding hydrogens is 595 g/mol. The van der Waals surface area contributed by atoms with Crippen molar-refractivity contribution < 1.29 is 33.7 Å². The number of pyridine rings is 2. The molecule has 2 aliphatic carbocycles. The Morgan fingerprint density at radius 3 is 2.70 bits per heavy atom. The number of ether oxygens (including phenoxy) is 1. The molecule has 11 nitrogen and oxygen atoms in total. The number of nitrogens with zero attached hydrogens (tertiary/aromatic N) is 3. The number of carbonyl (C=O) groups excluding carboxylic acids is 3. The molecule has 1 aromatic carbocycles. The van der Waals surface area contributed by atoms with Gasteiger partial charge in [-0.1, -0.05) is 18.5 Å². The van der Waals surface area contributed by atoms with Crippen LogP contribution >= 0.6 is 11.6 Å². The highest BCUT2D eigenvalue weighted by atomic mass is 35.5. The molecule has 4 heterocycles. The number of benzene rings is 1. The minimum absolute atomic E-state index is 0.0112. The molecule has 1 unspecified atom stereocenters. The number of halogens is 2. The number of aromatic nitrogens is 2. The number of aliphatic hydroxyl groups is 2. The third kappa shape index (κ3) is 4.26. The lowest BCUT2D eigenvalue weighted by Crippen LogP contribution is -2.44. The van der Waals surface area contributed by atoms with Gasteiger partial charge in [-0.25, -0.2) is 14.2 Å². The highest BCUT2D eigenvalue weighted by Crippen LogP contribution is 2.46. The van der Waals surface area contributed by atoms with Crippen molar-refractivity contribution in [2.24, 2.45) is 5.92 Å². The van der Waals surface area contributed by atoms with Crippen molar-refractivity contribution in [3.63, 3.8) is 0 Å². The molecule has 2 aliphatic heterocycles. The fourth-order valence-electron chi connectivity index (χ4n) is 6.89. The van der Waals surface area contributed by atoms with Crippen molar-refractivity contribution in [3.8, 4) is 11.4 Å². The lowest BCUT2D eigenvalue weighted by Gasteiger charge is -2.31. The van der Waals surface area contributed by atoms with Crippen LogP contribution in [0.15, 0.2) is 16.9 Å². The minimum atomic E-state index is -2.00. The number of aryl methyl sites for hydroxylation is 1. The lowest BCUT2D eigenvalue weighted by atomic mass is 9.83. The van der Waals surface area contributed by atoms with Gasteiger partial charge in [0.2, 0.25) is 11.8 Å². The topological polar surface area (TPSA) is 151 Å². The van der Waals surface area contributed by atoms with E-state index in [-0.39, 0.29) is 67.2 Å². The first kappa shape index (κ1) is 28.9. The summed E-state index contributed by atoms with van der Waals surface area (Å²) in [5.74, 6) is -2.18. The Kier molecular flexibility index (Phi) is 6.79. The maximum absolute atomic E-state index is 15.0. The van der Waals surface area contributed by atoms with Gasteiger partial charge >= 0.3 is 5.97 Å². The predicted octanol–water partition coefficient (Wildman–Crippen LogP) is 2.21. The van der Waals surface area contributed by atoms with E-state index < -0.39 is 34.9 Å². The summed E-state index contributed by atoms with van der Waals surface area (Å²) >= 11 is 6.43. The van der Waals surface area contributed by atoms with E-state index in [1.54, 1.807) is 13.0 Å². The zero-order valence-corrected chi connectivity index (χ0v) is 24.7. The summed E-state index contributed by atoms with van der Waals surface area (Å²) in [7, 11) is 0. The number of nitrogens with one attached hydrogen (secondary N) is 1. The van der Waals surface area contributed by atoms with Gasteiger partial charge < -0.3 is 29.7 Å².